The van der Waals surface area contributed by atoms with E-state index in [9.17, 15) is 0 Å². The third-order valence-electron chi connectivity index (χ3n) is 1.47. The zero-order valence-electron chi connectivity index (χ0n) is 8.35. The molecular formula is C11H19P. The minimum Gasteiger partial charge on any atom is -0.106 e. The minimum absolute atomic E-state index is 1.10. The molecule has 0 heterocycles. The van der Waals surface area contributed by atoms with Crippen LogP contribution in [-0.4, -0.2) is 0 Å². The van der Waals surface area contributed by atoms with Gasteiger partial charge in [0.25, 0.3) is 0 Å². The van der Waals surface area contributed by atoms with Crippen LogP contribution in [0.5, 0.6) is 0 Å². The van der Waals surface area contributed by atoms with E-state index in [0.29, 0.717) is 0 Å². The van der Waals surface area contributed by atoms with E-state index < -0.39 is 0 Å². The van der Waals surface area contributed by atoms with Gasteiger partial charge in [-0.3, -0.25) is 0 Å². The molecular weight excluding hydrogens is 163 g/mol. The van der Waals surface area contributed by atoms with Crippen LogP contribution in [-0.2, 0) is 0 Å². The van der Waals surface area contributed by atoms with E-state index in [1.807, 2.05) is 6.92 Å². The normalized spacial score (nSPS) is 13.3. The Morgan fingerprint density at radius 2 is 1.92 bits per heavy atom. The number of hydrogen-bond donors (Lipinski definition) is 0. The Kier molecular flexibility index (Phi) is 6.02. The van der Waals surface area contributed by atoms with Crippen LogP contribution in [0.1, 0.15) is 33.6 Å². The van der Waals surface area contributed by atoms with Crippen molar-refractivity contribution in [3.63, 3.8) is 0 Å². The molecule has 1 heteroatoms. The zero-order valence-corrected chi connectivity index (χ0v) is 9.51. The molecule has 0 aliphatic carbocycles. The SMILES string of the molecule is C=C(C)/C=C(P)\C=C(\C)CCC. The molecule has 0 nitrogen and oxygen atoms in total. The summed E-state index contributed by atoms with van der Waals surface area (Å²) in [5.74, 6) is 0. The Labute approximate surface area is 78.6 Å². The van der Waals surface area contributed by atoms with Gasteiger partial charge in [0, 0.05) is 0 Å². The lowest BCUT2D eigenvalue weighted by molar-refractivity contribution is 0.905. The van der Waals surface area contributed by atoms with Gasteiger partial charge in [-0.15, -0.1) is 9.24 Å². The zero-order chi connectivity index (χ0) is 9.56. The van der Waals surface area contributed by atoms with E-state index in [2.05, 4.69) is 41.8 Å². The van der Waals surface area contributed by atoms with E-state index in [1.165, 1.54) is 23.7 Å². The first-order valence-electron chi connectivity index (χ1n) is 4.36. The number of hydrogen-bond acceptors (Lipinski definition) is 0. The van der Waals surface area contributed by atoms with Crippen LogP contribution in [0.15, 0.2) is 35.2 Å². The van der Waals surface area contributed by atoms with Gasteiger partial charge in [0.05, 0.1) is 0 Å². The standard InChI is InChI=1S/C11H19P/c1-5-6-10(4)8-11(12)7-9(2)3/h7-8H,2,5-6,12H2,1,3-4H3/b10-8-,11-7+. The Bertz CT molecular complexity index is 209. The summed E-state index contributed by atoms with van der Waals surface area (Å²) in [5, 5.41) is 1.22. The molecule has 0 spiro atoms. The summed E-state index contributed by atoms with van der Waals surface area (Å²) in [6.45, 7) is 10.2. The highest BCUT2D eigenvalue weighted by Gasteiger charge is 1.88. The highest BCUT2D eigenvalue weighted by atomic mass is 31.0. The lowest BCUT2D eigenvalue weighted by atomic mass is 10.1. The first kappa shape index (κ1) is 11.6. The van der Waals surface area contributed by atoms with Gasteiger partial charge in [-0.1, -0.05) is 43.2 Å². The lowest BCUT2D eigenvalue weighted by Crippen LogP contribution is -1.75. The molecule has 0 aromatic carbocycles. The van der Waals surface area contributed by atoms with Crippen LogP contribution >= 0.6 is 9.24 Å². The average molecular weight is 182 g/mol. The van der Waals surface area contributed by atoms with Gasteiger partial charge in [0.1, 0.15) is 0 Å². The van der Waals surface area contributed by atoms with Crippen molar-refractivity contribution in [1.29, 1.82) is 0 Å². The maximum atomic E-state index is 3.83. The second kappa shape index (κ2) is 6.20. The third kappa shape index (κ3) is 6.37. The average Bonchev–Trinajstić information content (AvgIpc) is 1.84. The lowest BCUT2D eigenvalue weighted by Gasteiger charge is -1.98. The molecule has 0 aromatic heterocycles. The van der Waals surface area contributed by atoms with Crippen LogP contribution < -0.4 is 0 Å². The van der Waals surface area contributed by atoms with E-state index in [-0.39, 0.29) is 0 Å². The largest absolute Gasteiger partial charge is 0.106 e. The van der Waals surface area contributed by atoms with Gasteiger partial charge in [0.2, 0.25) is 0 Å². The molecule has 1 unspecified atom stereocenters. The Balaban J connectivity index is 4.22. The maximum Gasteiger partial charge on any atom is -0.0301 e. The van der Waals surface area contributed by atoms with Crippen molar-refractivity contribution in [3.05, 3.63) is 35.2 Å². The van der Waals surface area contributed by atoms with Crippen LogP contribution in [0.25, 0.3) is 0 Å². The number of allylic oxidation sites excluding steroid dienone is 5. The highest BCUT2D eigenvalue weighted by Crippen LogP contribution is 2.14. The molecule has 1 atom stereocenters. The molecule has 0 aliphatic heterocycles. The molecule has 0 saturated carbocycles. The van der Waals surface area contributed by atoms with Crippen molar-refractivity contribution in [3.8, 4) is 0 Å². The summed E-state index contributed by atoms with van der Waals surface area (Å²) < 4.78 is 0. The predicted molar refractivity (Wildman–Crippen MR) is 61.3 cm³/mol. The second-order valence-corrected chi connectivity index (χ2v) is 3.90. The van der Waals surface area contributed by atoms with Gasteiger partial charge in [-0.25, -0.2) is 0 Å². The predicted octanol–water partition coefficient (Wildman–Crippen LogP) is 4.07. The summed E-state index contributed by atoms with van der Waals surface area (Å²) in [6.07, 6.45) is 6.67. The van der Waals surface area contributed by atoms with Crippen LogP contribution in [0.3, 0.4) is 0 Å². The molecule has 0 radical (unpaired) electrons. The molecule has 0 fully saturated rings. The van der Waals surface area contributed by atoms with Crippen molar-refractivity contribution < 1.29 is 0 Å². The van der Waals surface area contributed by atoms with Crippen molar-refractivity contribution in [2.75, 3.05) is 0 Å². The molecule has 0 amide bonds. The molecule has 0 rings (SSSR count). The Hall–Kier alpha value is -0.350. The van der Waals surface area contributed by atoms with Gasteiger partial charge in [-0.2, -0.15) is 0 Å². The first-order valence-corrected chi connectivity index (χ1v) is 4.93. The highest BCUT2D eigenvalue weighted by molar-refractivity contribution is 7.22. The Morgan fingerprint density at radius 3 is 2.33 bits per heavy atom. The van der Waals surface area contributed by atoms with Crippen molar-refractivity contribution in [2.24, 2.45) is 0 Å². The van der Waals surface area contributed by atoms with Gasteiger partial charge < -0.3 is 0 Å². The van der Waals surface area contributed by atoms with Crippen LogP contribution in [0.2, 0.25) is 0 Å². The first-order chi connectivity index (χ1) is 5.56. The Morgan fingerprint density at radius 1 is 1.33 bits per heavy atom. The summed E-state index contributed by atoms with van der Waals surface area (Å²) in [5.41, 5.74) is 2.53. The number of rotatable bonds is 4. The summed E-state index contributed by atoms with van der Waals surface area (Å²) in [6, 6.07) is 0. The van der Waals surface area contributed by atoms with Crippen molar-refractivity contribution >= 4 is 9.24 Å². The van der Waals surface area contributed by atoms with Crippen molar-refractivity contribution in [2.45, 2.75) is 33.6 Å². The molecule has 0 aliphatic rings. The molecule has 68 valence electrons. The molecule has 0 aromatic rings. The van der Waals surface area contributed by atoms with E-state index in [0.717, 1.165) is 5.57 Å². The van der Waals surface area contributed by atoms with Crippen LogP contribution in [0.4, 0.5) is 0 Å². The maximum absolute atomic E-state index is 3.83. The molecule has 0 saturated heterocycles. The van der Waals surface area contributed by atoms with E-state index >= 15 is 0 Å². The van der Waals surface area contributed by atoms with Crippen molar-refractivity contribution in [1.82, 2.24) is 0 Å². The molecule has 0 N–H and O–H groups in total. The smallest absolute Gasteiger partial charge is 0.0301 e. The minimum atomic E-state index is 1.10. The second-order valence-electron chi connectivity index (χ2n) is 3.23. The third-order valence-corrected chi connectivity index (χ3v) is 1.80. The fraction of sp³-hybridized carbons (Fsp3) is 0.455. The fourth-order valence-corrected chi connectivity index (χ4v) is 1.65. The summed E-state index contributed by atoms with van der Waals surface area (Å²) in [4.78, 5) is 0. The monoisotopic (exact) mass is 182 g/mol. The van der Waals surface area contributed by atoms with E-state index in [4.69, 9.17) is 0 Å². The van der Waals surface area contributed by atoms with Gasteiger partial charge >= 0.3 is 0 Å². The molecule has 12 heavy (non-hydrogen) atoms. The molecule has 0 bridgehead atoms. The fourth-order valence-electron chi connectivity index (χ4n) is 1.08. The van der Waals surface area contributed by atoms with Crippen LogP contribution in [0, 0.1) is 0 Å². The van der Waals surface area contributed by atoms with Gasteiger partial charge in [-0.05, 0) is 25.6 Å². The summed E-state index contributed by atoms with van der Waals surface area (Å²) >= 11 is 0. The topological polar surface area (TPSA) is 0 Å². The van der Waals surface area contributed by atoms with E-state index in [1.54, 1.807) is 0 Å². The quantitative estimate of drug-likeness (QED) is 0.454. The summed E-state index contributed by atoms with van der Waals surface area (Å²) in [7, 11) is 2.72. The van der Waals surface area contributed by atoms with Gasteiger partial charge in [0.15, 0.2) is 0 Å².